The van der Waals surface area contributed by atoms with Crippen molar-refractivity contribution in [2.75, 3.05) is 0 Å². The summed E-state index contributed by atoms with van der Waals surface area (Å²) in [5.74, 6) is -0.705. The van der Waals surface area contributed by atoms with E-state index in [-0.39, 0.29) is 0 Å². The van der Waals surface area contributed by atoms with Crippen molar-refractivity contribution in [1.29, 1.82) is 0 Å². The molecule has 0 radical (unpaired) electrons. The van der Waals surface area contributed by atoms with Gasteiger partial charge in [-0.15, -0.1) is 0 Å². The van der Waals surface area contributed by atoms with Crippen LogP contribution in [0.2, 0.25) is 10.0 Å². The van der Waals surface area contributed by atoms with Gasteiger partial charge in [-0.05, 0) is 61.4 Å². The van der Waals surface area contributed by atoms with E-state index in [1.54, 1.807) is 50.2 Å². The summed E-state index contributed by atoms with van der Waals surface area (Å²) in [5.41, 5.74) is 1.56. The number of ether oxygens (including phenoxy) is 2. The van der Waals surface area contributed by atoms with Gasteiger partial charge >= 0.3 is 11.9 Å². The lowest BCUT2D eigenvalue weighted by Crippen LogP contribution is -2.08. The molecule has 0 unspecified atom stereocenters. The lowest BCUT2D eigenvalue weighted by atomic mass is 10.2. The predicted molar refractivity (Wildman–Crippen MR) is 92.8 cm³/mol. The number of carbonyl (C=O) groups excluding carboxylic acids is 2. The van der Waals surface area contributed by atoms with E-state index in [0.717, 1.165) is 23.3 Å². The number of carbonyl (C=O) groups is 2. The fraction of sp³-hybridized carbons (Fsp3) is 0.111. The van der Waals surface area contributed by atoms with Crippen LogP contribution in [0, 0.1) is 13.8 Å². The number of rotatable bonds is 4. The smallest absolute Gasteiger partial charge is 0.336 e. The van der Waals surface area contributed by atoms with Gasteiger partial charge < -0.3 is 9.47 Å². The molecular weight excluding hydrogens is 351 g/mol. The fourth-order valence-corrected chi connectivity index (χ4v) is 2.03. The van der Waals surface area contributed by atoms with Crippen LogP contribution in [0.1, 0.15) is 11.1 Å². The summed E-state index contributed by atoms with van der Waals surface area (Å²) in [7, 11) is 0. The summed E-state index contributed by atoms with van der Waals surface area (Å²) in [5, 5.41) is 1.15. The van der Waals surface area contributed by atoms with Gasteiger partial charge in [0.15, 0.2) is 0 Å². The van der Waals surface area contributed by atoms with Crippen LogP contribution in [0.3, 0.4) is 0 Å². The van der Waals surface area contributed by atoms with Gasteiger partial charge in [-0.1, -0.05) is 23.2 Å². The summed E-state index contributed by atoms with van der Waals surface area (Å²) in [6, 6.07) is 9.64. The van der Waals surface area contributed by atoms with E-state index in [0.29, 0.717) is 21.5 Å². The van der Waals surface area contributed by atoms with Gasteiger partial charge in [-0.3, -0.25) is 0 Å². The predicted octanol–water partition coefficient (Wildman–Crippen LogP) is 4.68. The molecule has 24 heavy (non-hydrogen) atoms. The number of hydrogen-bond donors (Lipinski definition) is 0. The molecule has 2 aromatic carbocycles. The molecule has 0 aliphatic carbocycles. The molecule has 0 amide bonds. The summed E-state index contributed by atoms with van der Waals surface area (Å²) in [6.07, 6.45) is 1.99. The molecule has 4 nitrogen and oxygen atoms in total. The molecule has 0 fully saturated rings. The molecule has 6 heteroatoms. The number of hydrogen-bond acceptors (Lipinski definition) is 4. The van der Waals surface area contributed by atoms with Crippen molar-refractivity contribution in [2.24, 2.45) is 0 Å². The van der Waals surface area contributed by atoms with Crippen LogP contribution in [-0.4, -0.2) is 11.9 Å². The molecule has 0 spiro atoms. The fourth-order valence-electron chi connectivity index (χ4n) is 1.80. The maximum absolute atomic E-state index is 11.7. The van der Waals surface area contributed by atoms with Crippen LogP contribution in [-0.2, 0) is 9.59 Å². The second-order valence-corrected chi connectivity index (χ2v) is 5.81. The Kier molecular flexibility index (Phi) is 6.01. The van der Waals surface area contributed by atoms with Crippen LogP contribution in [0.4, 0.5) is 0 Å². The van der Waals surface area contributed by atoms with E-state index in [4.69, 9.17) is 32.7 Å². The van der Waals surface area contributed by atoms with Crippen molar-refractivity contribution in [3.05, 3.63) is 69.7 Å². The second kappa shape index (κ2) is 7.99. The van der Waals surface area contributed by atoms with Crippen molar-refractivity contribution in [3.8, 4) is 11.5 Å². The molecule has 0 aliphatic heterocycles. The largest absolute Gasteiger partial charge is 0.423 e. The quantitative estimate of drug-likeness (QED) is 0.449. The number of halogens is 2. The van der Waals surface area contributed by atoms with Gasteiger partial charge in [0.25, 0.3) is 0 Å². The van der Waals surface area contributed by atoms with Gasteiger partial charge in [0, 0.05) is 22.2 Å². The Balaban J connectivity index is 1.93. The minimum Gasteiger partial charge on any atom is -0.423 e. The molecule has 0 aromatic heterocycles. The van der Waals surface area contributed by atoms with Gasteiger partial charge in [-0.25, -0.2) is 9.59 Å². The maximum Gasteiger partial charge on any atom is 0.336 e. The molecular formula is C18H14Cl2O4. The minimum atomic E-state index is -0.694. The standard InChI is InChI=1S/C18H14Cl2O4/c1-11-9-13(3-5-15(11)19)23-17(21)7-8-18(22)24-14-4-6-16(20)12(2)10-14/h3-10H,1-2H3/b8-7+. The van der Waals surface area contributed by atoms with Crippen molar-refractivity contribution in [1.82, 2.24) is 0 Å². The highest BCUT2D eigenvalue weighted by atomic mass is 35.5. The van der Waals surface area contributed by atoms with Crippen LogP contribution in [0.5, 0.6) is 11.5 Å². The molecule has 0 saturated heterocycles. The second-order valence-electron chi connectivity index (χ2n) is 5.00. The van der Waals surface area contributed by atoms with E-state index in [9.17, 15) is 9.59 Å². The maximum atomic E-state index is 11.7. The highest BCUT2D eigenvalue weighted by molar-refractivity contribution is 6.31. The van der Waals surface area contributed by atoms with Gasteiger partial charge in [0.2, 0.25) is 0 Å². The monoisotopic (exact) mass is 364 g/mol. The SMILES string of the molecule is Cc1cc(OC(=O)/C=C/C(=O)Oc2ccc(Cl)c(C)c2)ccc1Cl. The summed E-state index contributed by atoms with van der Waals surface area (Å²) < 4.78 is 10.2. The van der Waals surface area contributed by atoms with Crippen LogP contribution < -0.4 is 9.47 Å². The third-order valence-corrected chi connectivity index (χ3v) is 3.90. The zero-order valence-corrected chi connectivity index (χ0v) is 14.5. The van der Waals surface area contributed by atoms with E-state index >= 15 is 0 Å². The first-order valence-electron chi connectivity index (χ1n) is 6.99. The van der Waals surface area contributed by atoms with Crippen LogP contribution in [0.25, 0.3) is 0 Å². The Morgan fingerprint density at radius 1 is 0.792 bits per heavy atom. The number of esters is 2. The number of benzene rings is 2. The average molecular weight is 365 g/mol. The topological polar surface area (TPSA) is 52.6 Å². The van der Waals surface area contributed by atoms with Gasteiger partial charge in [0.1, 0.15) is 11.5 Å². The Labute approximate surface area is 149 Å². The van der Waals surface area contributed by atoms with Gasteiger partial charge in [-0.2, -0.15) is 0 Å². The van der Waals surface area contributed by atoms with E-state index in [2.05, 4.69) is 0 Å². The molecule has 0 heterocycles. The van der Waals surface area contributed by atoms with Crippen molar-refractivity contribution < 1.29 is 19.1 Å². The third kappa shape index (κ3) is 5.11. The van der Waals surface area contributed by atoms with Gasteiger partial charge in [0.05, 0.1) is 0 Å². The Morgan fingerprint density at radius 3 is 1.50 bits per heavy atom. The molecule has 0 saturated carbocycles. The zero-order chi connectivity index (χ0) is 17.7. The molecule has 0 aliphatic rings. The Bertz CT molecular complexity index is 745. The lowest BCUT2D eigenvalue weighted by molar-refractivity contribution is -0.131. The van der Waals surface area contributed by atoms with E-state index in [1.807, 2.05) is 0 Å². The van der Waals surface area contributed by atoms with E-state index in [1.165, 1.54) is 0 Å². The van der Waals surface area contributed by atoms with Crippen LogP contribution in [0.15, 0.2) is 48.6 Å². The lowest BCUT2D eigenvalue weighted by Gasteiger charge is -2.04. The minimum absolute atomic E-state index is 0.341. The van der Waals surface area contributed by atoms with Crippen molar-refractivity contribution >= 4 is 35.1 Å². The first-order valence-corrected chi connectivity index (χ1v) is 7.75. The Morgan fingerprint density at radius 2 is 1.17 bits per heavy atom. The average Bonchev–Trinajstić information content (AvgIpc) is 2.53. The van der Waals surface area contributed by atoms with E-state index < -0.39 is 11.9 Å². The molecule has 2 aromatic rings. The molecule has 2 rings (SSSR count). The highest BCUT2D eigenvalue weighted by Crippen LogP contribution is 2.22. The normalized spacial score (nSPS) is 10.7. The Hall–Kier alpha value is -2.30. The molecule has 0 N–H and O–H groups in total. The zero-order valence-electron chi connectivity index (χ0n) is 13.0. The van der Waals surface area contributed by atoms with Crippen molar-refractivity contribution in [2.45, 2.75) is 13.8 Å². The van der Waals surface area contributed by atoms with Crippen molar-refractivity contribution in [3.63, 3.8) is 0 Å². The first kappa shape index (κ1) is 18.0. The summed E-state index contributed by atoms with van der Waals surface area (Å²) >= 11 is 11.8. The number of aryl methyl sites for hydroxylation is 2. The molecule has 0 atom stereocenters. The molecule has 0 bridgehead atoms. The summed E-state index contributed by atoms with van der Waals surface area (Å²) in [6.45, 7) is 3.59. The molecule has 124 valence electrons. The van der Waals surface area contributed by atoms with Crippen LogP contribution >= 0.6 is 23.2 Å². The first-order chi connectivity index (χ1) is 11.3. The highest BCUT2D eigenvalue weighted by Gasteiger charge is 2.06. The summed E-state index contributed by atoms with van der Waals surface area (Å²) in [4.78, 5) is 23.4. The third-order valence-electron chi connectivity index (χ3n) is 3.05.